The highest BCUT2D eigenvalue weighted by molar-refractivity contribution is 5.85. The van der Waals surface area contributed by atoms with E-state index in [0.29, 0.717) is 18.1 Å². The molecule has 20 heavy (non-hydrogen) atoms. The Labute approximate surface area is 117 Å². The Bertz CT molecular complexity index is 498. The maximum Gasteiger partial charge on any atom is 0.255 e. The summed E-state index contributed by atoms with van der Waals surface area (Å²) in [4.78, 5) is 18.1. The Hall–Kier alpha value is -1.47. The molecular weight excluding hydrogens is 262 g/mol. The molecule has 2 rings (SSSR count). The van der Waals surface area contributed by atoms with Gasteiger partial charge >= 0.3 is 0 Å². The van der Waals surface area contributed by atoms with Gasteiger partial charge in [0.25, 0.3) is 5.91 Å². The summed E-state index contributed by atoms with van der Waals surface area (Å²) in [5.74, 6) is 0.110. The van der Waals surface area contributed by atoms with E-state index >= 15 is 0 Å². The molecule has 1 saturated heterocycles. The fourth-order valence-electron chi connectivity index (χ4n) is 2.26. The van der Waals surface area contributed by atoms with Crippen LogP contribution in [0, 0.1) is 12.8 Å². The third kappa shape index (κ3) is 2.55. The highest BCUT2D eigenvalue weighted by Gasteiger charge is 2.45. The lowest BCUT2D eigenvalue weighted by atomic mass is 9.91. The van der Waals surface area contributed by atoms with Crippen molar-refractivity contribution in [2.24, 2.45) is 5.92 Å². The van der Waals surface area contributed by atoms with Gasteiger partial charge in [0.05, 0.1) is 6.10 Å². The second kappa shape index (κ2) is 5.14. The van der Waals surface area contributed by atoms with Crippen molar-refractivity contribution in [1.82, 2.24) is 15.0 Å². The molecule has 1 amide bonds. The molecule has 112 valence electrons. The molecule has 1 aliphatic rings. The van der Waals surface area contributed by atoms with E-state index in [4.69, 9.17) is 4.52 Å². The number of hydrogen-bond acceptors (Lipinski definition) is 6. The summed E-state index contributed by atoms with van der Waals surface area (Å²) < 4.78 is 5.10. The van der Waals surface area contributed by atoms with E-state index in [1.807, 2.05) is 0 Å². The van der Waals surface area contributed by atoms with Crippen LogP contribution < -0.4 is 0 Å². The van der Waals surface area contributed by atoms with Gasteiger partial charge < -0.3 is 19.6 Å². The molecule has 7 nitrogen and oxygen atoms in total. The van der Waals surface area contributed by atoms with Crippen LogP contribution >= 0.6 is 0 Å². The number of β-amino-alcohol motifs (C(OH)–C–C–N with tert-alkyl or cyclic N) is 1. The van der Waals surface area contributed by atoms with E-state index in [9.17, 15) is 15.0 Å². The van der Waals surface area contributed by atoms with E-state index in [1.165, 1.54) is 11.8 Å². The summed E-state index contributed by atoms with van der Waals surface area (Å²) in [6.07, 6.45) is -0.319. The topological polar surface area (TPSA) is 99.7 Å². The molecule has 3 atom stereocenters. The number of amides is 1. The van der Waals surface area contributed by atoms with Crippen LogP contribution in [0.1, 0.15) is 44.9 Å². The van der Waals surface area contributed by atoms with Crippen LogP contribution in [0.4, 0.5) is 0 Å². The maximum absolute atomic E-state index is 12.5. The minimum absolute atomic E-state index is 0.161. The van der Waals surface area contributed by atoms with Crippen molar-refractivity contribution in [3.63, 3.8) is 0 Å². The van der Waals surface area contributed by atoms with Crippen LogP contribution in [0.3, 0.4) is 0 Å². The fraction of sp³-hybridized carbons (Fsp3) is 0.769. The number of rotatable bonds is 3. The number of carbonyl (C=O) groups is 1. The minimum Gasteiger partial charge on any atom is -0.391 e. The van der Waals surface area contributed by atoms with Gasteiger partial charge in [0.2, 0.25) is 5.89 Å². The number of nitrogens with zero attached hydrogens (tertiary/aromatic N) is 3. The smallest absolute Gasteiger partial charge is 0.255 e. The van der Waals surface area contributed by atoms with Gasteiger partial charge in [0.1, 0.15) is 11.6 Å². The van der Waals surface area contributed by atoms with Crippen LogP contribution in [-0.2, 0) is 4.79 Å². The first-order valence-corrected chi connectivity index (χ1v) is 6.75. The van der Waals surface area contributed by atoms with Crippen molar-refractivity contribution in [3.8, 4) is 0 Å². The van der Waals surface area contributed by atoms with Gasteiger partial charge in [0.15, 0.2) is 5.82 Å². The Kier molecular flexibility index (Phi) is 3.84. The normalized spacial score (nSPS) is 26.1. The van der Waals surface area contributed by atoms with Crippen LogP contribution in [0.15, 0.2) is 4.52 Å². The van der Waals surface area contributed by atoms with Gasteiger partial charge in [0, 0.05) is 13.0 Å². The Morgan fingerprint density at radius 1 is 1.55 bits per heavy atom. The molecule has 0 radical (unpaired) electrons. The maximum atomic E-state index is 12.5. The number of carbonyl (C=O) groups excluding carboxylic acids is 1. The largest absolute Gasteiger partial charge is 0.391 e. The van der Waals surface area contributed by atoms with Gasteiger partial charge in [-0.25, -0.2) is 0 Å². The predicted molar refractivity (Wildman–Crippen MR) is 69.6 cm³/mol. The molecule has 1 unspecified atom stereocenters. The number of aromatic nitrogens is 2. The third-order valence-electron chi connectivity index (χ3n) is 3.93. The summed E-state index contributed by atoms with van der Waals surface area (Å²) >= 11 is 0. The lowest BCUT2D eigenvalue weighted by Crippen LogP contribution is -2.50. The van der Waals surface area contributed by atoms with Crippen molar-refractivity contribution >= 4 is 5.91 Å². The van der Waals surface area contributed by atoms with Crippen molar-refractivity contribution < 1.29 is 19.5 Å². The van der Waals surface area contributed by atoms with Crippen molar-refractivity contribution in [2.45, 2.75) is 51.9 Å². The zero-order valence-electron chi connectivity index (χ0n) is 12.2. The lowest BCUT2D eigenvalue weighted by molar-refractivity contribution is -0.155. The third-order valence-corrected chi connectivity index (χ3v) is 3.93. The first-order chi connectivity index (χ1) is 9.23. The Morgan fingerprint density at radius 2 is 2.20 bits per heavy atom. The molecule has 1 fully saturated rings. The van der Waals surface area contributed by atoms with Crippen LogP contribution in [0.5, 0.6) is 0 Å². The zero-order chi connectivity index (χ0) is 15.1. The number of aryl methyl sites for hydroxylation is 1. The average Bonchev–Trinajstić information content (AvgIpc) is 2.94. The van der Waals surface area contributed by atoms with Crippen molar-refractivity contribution in [3.05, 3.63) is 11.7 Å². The molecule has 0 spiro atoms. The molecule has 0 saturated carbocycles. The monoisotopic (exact) mass is 283 g/mol. The van der Waals surface area contributed by atoms with Crippen LogP contribution in [0.25, 0.3) is 0 Å². The first-order valence-electron chi connectivity index (χ1n) is 6.75. The summed E-state index contributed by atoms with van der Waals surface area (Å²) in [5.41, 5.74) is -1.49. The summed E-state index contributed by atoms with van der Waals surface area (Å²) in [7, 11) is 0. The number of hydrogen-bond donors (Lipinski definition) is 2. The molecule has 1 aromatic heterocycles. The van der Waals surface area contributed by atoms with Gasteiger partial charge in [-0.15, -0.1) is 0 Å². The molecular formula is C13H21N3O4. The van der Waals surface area contributed by atoms with E-state index in [2.05, 4.69) is 10.1 Å². The zero-order valence-corrected chi connectivity index (χ0v) is 12.2. The molecule has 0 aromatic carbocycles. The lowest BCUT2D eigenvalue weighted by Gasteiger charge is -2.33. The van der Waals surface area contributed by atoms with E-state index in [1.54, 1.807) is 20.8 Å². The number of aliphatic hydroxyl groups excluding tert-OH is 1. The second-order valence-corrected chi connectivity index (χ2v) is 5.84. The van der Waals surface area contributed by atoms with Crippen LogP contribution in [0.2, 0.25) is 0 Å². The highest BCUT2D eigenvalue weighted by atomic mass is 16.5. The molecule has 2 heterocycles. The summed E-state index contributed by atoms with van der Waals surface area (Å²) in [6.45, 7) is 6.88. The van der Waals surface area contributed by atoms with Gasteiger partial charge in [-0.1, -0.05) is 19.0 Å². The van der Waals surface area contributed by atoms with Crippen molar-refractivity contribution in [1.29, 1.82) is 0 Å². The van der Waals surface area contributed by atoms with E-state index in [-0.39, 0.29) is 12.5 Å². The second-order valence-electron chi connectivity index (χ2n) is 5.84. The summed E-state index contributed by atoms with van der Waals surface area (Å²) in [5, 5.41) is 23.9. The Balaban J connectivity index is 2.27. The minimum atomic E-state index is -1.49. The van der Waals surface area contributed by atoms with Crippen molar-refractivity contribution in [2.75, 3.05) is 6.54 Å². The first kappa shape index (κ1) is 14.9. The van der Waals surface area contributed by atoms with Gasteiger partial charge in [-0.05, 0) is 19.8 Å². The summed E-state index contributed by atoms with van der Waals surface area (Å²) in [6, 6.07) is -0.482. The SMILES string of the molecule is Cc1noc([C@H]2C[C@H](O)CN2C(=O)C(C)(O)C(C)C)n1. The molecule has 1 aromatic rings. The average molecular weight is 283 g/mol. The standard InChI is InChI=1S/C13H21N3O4/c1-7(2)13(4,19)12(18)16-6-9(17)5-10(16)11-14-8(3)15-20-11/h7,9-10,17,19H,5-6H2,1-4H3/t9-,10+,13?/m0/s1. The van der Waals surface area contributed by atoms with Gasteiger partial charge in [-0.2, -0.15) is 4.98 Å². The Morgan fingerprint density at radius 3 is 2.70 bits per heavy atom. The molecule has 7 heteroatoms. The fourth-order valence-corrected chi connectivity index (χ4v) is 2.26. The quantitative estimate of drug-likeness (QED) is 0.834. The van der Waals surface area contributed by atoms with E-state index < -0.39 is 23.7 Å². The van der Waals surface area contributed by atoms with E-state index in [0.717, 1.165) is 0 Å². The molecule has 0 bridgehead atoms. The predicted octanol–water partition coefficient (Wildman–Crippen LogP) is 0.419. The number of aliphatic hydroxyl groups is 2. The van der Waals surface area contributed by atoms with Gasteiger partial charge in [-0.3, -0.25) is 4.79 Å². The molecule has 1 aliphatic heterocycles. The van der Waals surface area contributed by atoms with Crippen LogP contribution in [-0.4, -0.2) is 49.4 Å². The molecule has 2 N–H and O–H groups in total. The molecule has 0 aliphatic carbocycles. The number of likely N-dealkylation sites (tertiary alicyclic amines) is 1. The highest BCUT2D eigenvalue weighted by Crippen LogP contribution is 2.34.